The molecule has 8 rings (SSSR count). The predicted molar refractivity (Wildman–Crippen MR) is 57.5 cm³/mol. The molecule has 1 heteroatoms. The van der Waals surface area contributed by atoms with Gasteiger partial charge in [-0.15, -0.1) is 0 Å². The first-order chi connectivity index (χ1) is 7.75. The third-order valence-corrected chi connectivity index (χ3v) is 8.16. The van der Waals surface area contributed by atoms with Gasteiger partial charge in [-0.2, -0.15) is 0 Å². The Morgan fingerprint density at radius 3 is 2.06 bits per heavy atom. The number of hydrogen-bond donors (Lipinski definition) is 0. The first-order valence-corrected chi connectivity index (χ1v) is 7.12. The van der Waals surface area contributed by atoms with E-state index in [9.17, 15) is 0 Å². The summed E-state index contributed by atoms with van der Waals surface area (Å²) in [6, 6.07) is 0. The highest BCUT2D eigenvalue weighted by Gasteiger charge is 3.07. The highest BCUT2D eigenvalue weighted by atomic mass is 16.6. The van der Waals surface area contributed by atoms with Gasteiger partial charge in [-0.1, -0.05) is 11.1 Å². The van der Waals surface area contributed by atoms with E-state index in [1.165, 1.54) is 0 Å². The molecule has 4 bridgehead atoms. The van der Waals surface area contributed by atoms with Gasteiger partial charge in [0.1, 0.15) is 11.2 Å². The fourth-order valence-electron chi connectivity index (χ4n) is 8.68. The van der Waals surface area contributed by atoms with Gasteiger partial charge in [0.15, 0.2) is 0 Å². The van der Waals surface area contributed by atoms with Crippen LogP contribution >= 0.6 is 0 Å². The maximum Gasteiger partial charge on any atom is 0.109 e. The van der Waals surface area contributed by atoms with Crippen LogP contribution in [0.3, 0.4) is 0 Å². The molecule has 1 saturated heterocycles. The van der Waals surface area contributed by atoms with Crippen molar-refractivity contribution in [2.45, 2.75) is 31.5 Å². The van der Waals surface area contributed by atoms with Gasteiger partial charge in [-0.3, -0.25) is 0 Å². The molecule has 16 heavy (non-hydrogen) atoms. The van der Waals surface area contributed by atoms with Crippen molar-refractivity contribution in [2.75, 3.05) is 0 Å². The maximum absolute atomic E-state index is 6.53. The molecule has 82 valence electrons. The quantitative estimate of drug-likeness (QED) is 0.443. The Hall–Kier alpha value is -0.300. The van der Waals surface area contributed by atoms with Crippen LogP contribution in [0.1, 0.15) is 20.3 Å². The van der Waals surface area contributed by atoms with Crippen molar-refractivity contribution < 1.29 is 4.74 Å². The van der Waals surface area contributed by atoms with Crippen LogP contribution in [0.4, 0.5) is 0 Å². The zero-order valence-corrected chi connectivity index (χ0v) is 9.73. The number of hydrogen-bond acceptors (Lipinski definition) is 1. The van der Waals surface area contributed by atoms with Crippen LogP contribution in [0.5, 0.6) is 0 Å². The second-order valence-electron chi connectivity index (χ2n) is 7.86. The molecule has 7 saturated carbocycles. The smallest absolute Gasteiger partial charge is 0.109 e. The van der Waals surface area contributed by atoms with Crippen molar-refractivity contribution in [3.63, 3.8) is 0 Å². The highest BCUT2D eigenvalue weighted by molar-refractivity contribution is 5.62. The van der Waals surface area contributed by atoms with Crippen LogP contribution in [0.2, 0.25) is 0 Å². The Morgan fingerprint density at radius 1 is 1.00 bits per heavy atom. The van der Waals surface area contributed by atoms with E-state index in [1.54, 1.807) is 12.0 Å². The van der Waals surface area contributed by atoms with Gasteiger partial charge >= 0.3 is 0 Å². The van der Waals surface area contributed by atoms with Gasteiger partial charge in [-0.25, -0.2) is 0 Å². The number of allylic oxidation sites excluding steroid dienone is 1. The lowest BCUT2D eigenvalue weighted by Gasteiger charge is -2.43. The van der Waals surface area contributed by atoms with Gasteiger partial charge in [0.2, 0.25) is 0 Å². The van der Waals surface area contributed by atoms with E-state index in [0.717, 1.165) is 47.3 Å². The van der Waals surface area contributed by atoms with E-state index in [2.05, 4.69) is 13.8 Å². The molecule has 0 amide bonds. The van der Waals surface area contributed by atoms with Gasteiger partial charge in [0, 0.05) is 11.8 Å². The van der Waals surface area contributed by atoms with Crippen LogP contribution in [0, 0.1) is 47.3 Å². The lowest BCUT2D eigenvalue weighted by Crippen LogP contribution is -2.41. The molecule has 0 aromatic heterocycles. The van der Waals surface area contributed by atoms with E-state index in [-0.39, 0.29) is 0 Å². The van der Waals surface area contributed by atoms with E-state index in [1.807, 2.05) is 5.57 Å². The minimum atomic E-state index is 0.438. The molecule has 8 fully saturated rings. The highest BCUT2D eigenvalue weighted by Crippen LogP contribution is 3.02. The summed E-state index contributed by atoms with van der Waals surface area (Å²) in [5.41, 5.74) is 4.43. The first-order valence-electron chi connectivity index (χ1n) is 7.12. The number of ether oxygens (including phenoxy) is 1. The first kappa shape index (κ1) is 7.20. The Kier molecular flexibility index (Phi) is 0.651. The summed E-state index contributed by atoms with van der Waals surface area (Å²) in [5, 5.41) is 0. The molecule has 1 aliphatic heterocycles. The fraction of sp³-hybridized carbons (Fsp3) is 0.867. The molecule has 7 aliphatic carbocycles. The van der Waals surface area contributed by atoms with Crippen molar-refractivity contribution in [3.05, 3.63) is 11.1 Å². The minimum absolute atomic E-state index is 0.438. The van der Waals surface area contributed by atoms with Gasteiger partial charge in [0.25, 0.3) is 0 Å². The van der Waals surface area contributed by atoms with E-state index in [4.69, 9.17) is 4.74 Å². The average molecular weight is 212 g/mol. The third kappa shape index (κ3) is 0.308. The number of rotatable bonds is 0. The SMILES string of the molecule is CC(C)=C1[C@H]2[C@@H]3[C@@H]4[C@@H]5[C@@H]3[C@H]1[C@]13O[C@]21[C@H]4C[C@H]53. The number of epoxide rings is 1. The van der Waals surface area contributed by atoms with Crippen LogP contribution < -0.4 is 0 Å². The Bertz CT molecular complexity index is 504. The summed E-state index contributed by atoms with van der Waals surface area (Å²) in [7, 11) is 0. The monoisotopic (exact) mass is 212 g/mol. The standard InChI is InChI=1S/C15H16O/c1-4(2)7-12-10-8-5-3-6-9(8)11(10)13(7)15(6)14(5,12)16-15/h5-6,8-13H,3H2,1-2H3/t5-,6+,8-,9+,10+,11-,12-,13-,14+,15-/m0/s1. The Labute approximate surface area is 95.2 Å². The van der Waals surface area contributed by atoms with E-state index in [0.29, 0.717) is 11.2 Å². The summed E-state index contributed by atoms with van der Waals surface area (Å²) in [6.07, 6.45) is 1.56. The van der Waals surface area contributed by atoms with Crippen molar-refractivity contribution in [1.29, 1.82) is 0 Å². The molecular weight excluding hydrogens is 196 g/mol. The van der Waals surface area contributed by atoms with Gasteiger partial charge in [-0.05, 0) is 55.8 Å². The molecule has 2 spiro atoms. The van der Waals surface area contributed by atoms with Crippen molar-refractivity contribution in [3.8, 4) is 0 Å². The van der Waals surface area contributed by atoms with Crippen LogP contribution in [0.25, 0.3) is 0 Å². The van der Waals surface area contributed by atoms with Crippen molar-refractivity contribution >= 4 is 0 Å². The Morgan fingerprint density at radius 2 is 1.56 bits per heavy atom. The average Bonchev–Trinajstić information content (AvgIpc) is 2.36. The summed E-state index contributed by atoms with van der Waals surface area (Å²) in [4.78, 5) is 0. The van der Waals surface area contributed by atoms with Gasteiger partial charge < -0.3 is 4.74 Å². The van der Waals surface area contributed by atoms with E-state index >= 15 is 0 Å². The molecule has 1 nitrogen and oxygen atoms in total. The maximum atomic E-state index is 6.53. The Balaban J connectivity index is 1.72. The topological polar surface area (TPSA) is 12.5 Å². The van der Waals surface area contributed by atoms with Gasteiger partial charge in [0.05, 0.1) is 0 Å². The molecular formula is C15H16O. The second-order valence-corrected chi connectivity index (χ2v) is 7.86. The zero-order chi connectivity index (χ0) is 10.2. The molecule has 1 heterocycles. The summed E-state index contributed by atoms with van der Waals surface area (Å²) in [5.74, 6) is 8.26. The van der Waals surface area contributed by atoms with Crippen LogP contribution in [-0.4, -0.2) is 11.2 Å². The molecule has 8 aliphatic rings. The minimum Gasteiger partial charge on any atom is -0.361 e. The normalized spacial score (nSPS) is 84.8. The van der Waals surface area contributed by atoms with Crippen LogP contribution in [0.15, 0.2) is 11.1 Å². The summed E-state index contributed by atoms with van der Waals surface area (Å²) < 4.78 is 6.53. The lowest BCUT2D eigenvalue weighted by atomic mass is 9.60. The summed E-state index contributed by atoms with van der Waals surface area (Å²) in [6.45, 7) is 4.72. The van der Waals surface area contributed by atoms with E-state index < -0.39 is 0 Å². The zero-order valence-electron chi connectivity index (χ0n) is 9.73. The molecule has 0 aromatic carbocycles. The predicted octanol–water partition coefficient (Wildman–Crippen LogP) is 2.23. The lowest BCUT2D eigenvalue weighted by molar-refractivity contribution is 0.0202. The molecule has 0 radical (unpaired) electrons. The van der Waals surface area contributed by atoms with Crippen molar-refractivity contribution in [2.24, 2.45) is 47.3 Å². The molecule has 0 aromatic rings. The van der Waals surface area contributed by atoms with Crippen LogP contribution in [-0.2, 0) is 4.74 Å². The molecule has 10 atom stereocenters. The summed E-state index contributed by atoms with van der Waals surface area (Å²) >= 11 is 0. The molecule has 0 unspecified atom stereocenters. The molecule has 0 N–H and O–H groups in total. The largest absolute Gasteiger partial charge is 0.361 e. The third-order valence-electron chi connectivity index (χ3n) is 8.16. The second kappa shape index (κ2) is 1.44. The fourth-order valence-corrected chi connectivity index (χ4v) is 8.68. The van der Waals surface area contributed by atoms with Crippen molar-refractivity contribution in [1.82, 2.24) is 0 Å².